The van der Waals surface area contributed by atoms with Crippen LogP contribution in [0, 0.1) is 23.6 Å². The van der Waals surface area contributed by atoms with Crippen molar-refractivity contribution < 1.29 is 9.13 Å². The van der Waals surface area contributed by atoms with Gasteiger partial charge in [0.15, 0.2) is 5.82 Å². The van der Waals surface area contributed by atoms with E-state index >= 15 is 0 Å². The number of hydrogen-bond donors (Lipinski definition) is 2. The summed E-state index contributed by atoms with van der Waals surface area (Å²) in [6, 6.07) is 7.98. The fourth-order valence-electron chi connectivity index (χ4n) is 6.10. The van der Waals surface area contributed by atoms with Gasteiger partial charge < -0.3 is 15.4 Å². The Morgan fingerprint density at radius 1 is 1.16 bits per heavy atom. The van der Waals surface area contributed by atoms with Gasteiger partial charge in [-0.15, -0.1) is 16.4 Å². The van der Waals surface area contributed by atoms with Crippen LogP contribution in [0.1, 0.15) is 32.1 Å². The number of fused-ring (bicyclic) bond motifs is 2. The predicted molar refractivity (Wildman–Crippen MR) is 126 cm³/mol. The van der Waals surface area contributed by atoms with Crippen LogP contribution in [0.25, 0.3) is 21.2 Å². The molecule has 0 spiro atoms. The van der Waals surface area contributed by atoms with Crippen molar-refractivity contribution in [2.24, 2.45) is 17.8 Å². The number of anilines is 1. The Morgan fingerprint density at radius 2 is 2.03 bits per heavy atom. The molecule has 3 aromatic rings. The molecule has 0 bridgehead atoms. The standard InChI is InChI=1S/C25H29FN4OS/c26-22-4-2-1-3-18(22)21-14-32-24-20(21)13-28-30-25(24)29-17-10-16-12-27-23(19(16)11-17)9-15-5-7-31-8-6-15/h1-4,13-17,19,23,27H,5-12H2,(H,29,30)/t16-,17+,19+,23+/m1/s1. The largest absolute Gasteiger partial charge is 0.381 e. The van der Waals surface area contributed by atoms with Crippen LogP contribution in [-0.2, 0) is 4.74 Å². The highest BCUT2D eigenvalue weighted by molar-refractivity contribution is 7.18. The van der Waals surface area contributed by atoms with E-state index in [4.69, 9.17) is 4.74 Å². The molecule has 5 nitrogen and oxygen atoms in total. The highest BCUT2D eigenvalue weighted by atomic mass is 32.1. The zero-order valence-corrected chi connectivity index (χ0v) is 18.9. The summed E-state index contributed by atoms with van der Waals surface area (Å²) in [6.07, 6.45) is 7.80. The van der Waals surface area contributed by atoms with E-state index in [-0.39, 0.29) is 5.82 Å². The van der Waals surface area contributed by atoms with Gasteiger partial charge in [0.05, 0.1) is 10.9 Å². The van der Waals surface area contributed by atoms with Gasteiger partial charge in [-0.3, -0.25) is 0 Å². The van der Waals surface area contributed by atoms with Gasteiger partial charge in [0.2, 0.25) is 0 Å². The number of rotatable bonds is 5. The third kappa shape index (κ3) is 3.80. The van der Waals surface area contributed by atoms with Crippen LogP contribution >= 0.6 is 11.3 Å². The van der Waals surface area contributed by atoms with Gasteiger partial charge in [-0.2, -0.15) is 5.10 Å². The number of benzene rings is 1. The summed E-state index contributed by atoms with van der Waals surface area (Å²) in [5, 5.41) is 19.2. The lowest BCUT2D eigenvalue weighted by Gasteiger charge is -2.27. The average Bonchev–Trinajstić information content (AvgIpc) is 3.51. The molecule has 2 aromatic heterocycles. The molecule has 1 aromatic carbocycles. The van der Waals surface area contributed by atoms with Crippen molar-refractivity contribution >= 4 is 27.2 Å². The molecule has 6 rings (SSSR count). The zero-order chi connectivity index (χ0) is 21.5. The number of hydrogen-bond acceptors (Lipinski definition) is 6. The molecule has 2 N–H and O–H groups in total. The molecular formula is C25H29FN4OS. The van der Waals surface area contributed by atoms with Crippen molar-refractivity contribution in [2.75, 3.05) is 25.1 Å². The Hall–Kier alpha value is -2.09. The Bertz CT molecular complexity index is 1100. The molecule has 4 atom stereocenters. The Labute approximate surface area is 191 Å². The lowest BCUT2D eigenvalue weighted by molar-refractivity contribution is 0.0594. The molecular weight excluding hydrogens is 423 g/mol. The third-order valence-electron chi connectivity index (χ3n) is 7.73. The van der Waals surface area contributed by atoms with Crippen molar-refractivity contribution in [1.29, 1.82) is 0 Å². The van der Waals surface area contributed by atoms with Crippen molar-refractivity contribution in [3.8, 4) is 11.1 Å². The zero-order valence-electron chi connectivity index (χ0n) is 18.1. The highest BCUT2D eigenvalue weighted by Gasteiger charge is 2.44. The van der Waals surface area contributed by atoms with Gasteiger partial charge in [0.1, 0.15) is 5.82 Å². The number of ether oxygens (including phenoxy) is 1. The summed E-state index contributed by atoms with van der Waals surface area (Å²) in [7, 11) is 0. The van der Waals surface area contributed by atoms with Crippen LogP contribution in [0.4, 0.5) is 10.2 Å². The number of nitrogens with zero attached hydrogens (tertiary/aromatic N) is 2. The van der Waals surface area contributed by atoms with Gasteiger partial charge in [-0.05, 0) is 62.5 Å². The van der Waals surface area contributed by atoms with Gasteiger partial charge >= 0.3 is 0 Å². The molecule has 3 fully saturated rings. The van der Waals surface area contributed by atoms with E-state index in [0.29, 0.717) is 17.6 Å². The van der Waals surface area contributed by atoms with Crippen LogP contribution in [0.2, 0.25) is 0 Å². The van der Waals surface area contributed by atoms with Crippen molar-refractivity contribution in [3.63, 3.8) is 0 Å². The maximum absolute atomic E-state index is 14.4. The van der Waals surface area contributed by atoms with Crippen molar-refractivity contribution in [1.82, 2.24) is 15.5 Å². The van der Waals surface area contributed by atoms with Gasteiger partial charge in [0.25, 0.3) is 0 Å². The smallest absolute Gasteiger partial charge is 0.166 e. The van der Waals surface area contributed by atoms with E-state index in [1.54, 1.807) is 23.6 Å². The van der Waals surface area contributed by atoms with Crippen molar-refractivity contribution in [2.45, 2.75) is 44.2 Å². The molecule has 7 heteroatoms. The molecule has 1 aliphatic carbocycles. The summed E-state index contributed by atoms with van der Waals surface area (Å²) < 4.78 is 21.0. The molecule has 0 amide bonds. The van der Waals surface area contributed by atoms with E-state index in [0.717, 1.165) is 59.0 Å². The van der Waals surface area contributed by atoms with E-state index in [2.05, 4.69) is 20.8 Å². The maximum Gasteiger partial charge on any atom is 0.166 e. The summed E-state index contributed by atoms with van der Waals surface area (Å²) in [4.78, 5) is 0. The second-order valence-corrected chi connectivity index (χ2v) is 10.5. The number of aromatic nitrogens is 2. The van der Waals surface area contributed by atoms with E-state index < -0.39 is 0 Å². The maximum atomic E-state index is 14.4. The average molecular weight is 453 g/mol. The third-order valence-corrected chi connectivity index (χ3v) is 8.73. The lowest BCUT2D eigenvalue weighted by atomic mass is 9.85. The fraction of sp³-hybridized carbons (Fsp3) is 0.520. The van der Waals surface area contributed by atoms with Gasteiger partial charge in [-0.25, -0.2) is 4.39 Å². The number of thiophene rings is 1. The summed E-state index contributed by atoms with van der Waals surface area (Å²) >= 11 is 1.62. The van der Waals surface area contributed by atoms with Crippen LogP contribution in [0.3, 0.4) is 0 Å². The molecule has 168 valence electrons. The molecule has 32 heavy (non-hydrogen) atoms. The van der Waals surface area contributed by atoms with Crippen LogP contribution in [0.15, 0.2) is 35.8 Å². The van der Waals surface area contributed by atoms with Crippen LogP contribution in [-0.4, -0.2) is 42.0 Å². The monoisotopic (exact) mass is 452 g/mol. The topological polar surface area (TPSA) is 59.1 Å². The quantitative estimate of drug-likeness (QED) is 0.565. The van der Waals surface area contributed by atoms with E-state index in [9.17, 15) is 4.39 Å². The summed E-state index contributed by atoms with van der Waals surface area (Å²) in [6.45, 7) is 2.98. The number of nitrogens with one attached hydrogen (secondary N) is 2. The molecule has 1 saturated carbocycles. The normalized spacial score (nSPS) is 28.3. The first-order valence-corrected chi connectivity index (χ1v) is 12.7. The first kappa shape index (κ1) is 20.5. The highest BCUT2D eigenvalue weighted by Crippen LogP contribution is 2.43. The summed E-state index contributed by atoms with van der Waals surface area (Å²) in [5.74, 6) is 2.91. The minimum Gasteiger partial charge on any atom is -0.381 e. The van der Waals surface area contributed by atoms with E-state index in [1.807, 2.05) is 17.5 Å². The SMILES string of the molecule is Fc1ccccc1-c1csc2c(N[C@H]3C[C@@H]4CN[C@@H](CC5CCOCC5)[C@H]4C3)nncc12. The number of halogens is 1. The first-order chi connectivity index (χ1) is 15.8. The summed E-state index contributed by atoms with van der Waals surface area (Å²) in [5.41, 5.74) is 1.51. The molecule has 0 radical (unpaired) electrons. The van der Waals surface area contributed by atoms with Crippen LogP contribution in [0.5, 0.6) is 0 Å². The lowest BCUT2D eigenvalue weighted by Crippen LogP contribution is -2.33. The second kappa shape index (κ2) is 8.69. The molecule has 4 heterocycles. The first-order valence-electron chi connectivity index (χ1n) is 11.8. The molecule has 0 unspecified atom stereocenters. The second-order valence-electron chi connectivity index (χ2n) is 9.61. The Kier molecular flexibility index (Phi) is 5.57. The Balaban J connectivity index is 1.18. The minimum absolute atomic E-state index is 0.204. The molecule has 3 aliphatic rings. The van der Waals surface area contributed by atoms with Crippen LogP contribution < -0.4 is 10.6 Å². The molecule has 2 aliphatic heterocycles. The van der Waals surface area contributed by atoms with E-state index in [1.165, 1.54) is 38.2 Å². The predicted octanol–water partition coefficient (Wildman–Crippen LogP) is 5.09. The van der Waals surface area contributed by atoms with Gasteiger partial charge in [-0.1, -0.05) is 18.2 Å². The molecule has 2 saturated heterocycles. The van der Waals surface area contributed by atoms with Gasteiger partial charge in [0, 0.05) is 47.2 Å². The van der Waals surface area contributed by atoms with Crippen molar-refractivity contribution in [3.05, 3.63) is 41.7 Å². The fourth-order valence-corrected chi connectivity index (χ4v) is 7.09. The Morgan fingerprint density at radius 3 is 2.91 bits per heavy atom. The minimum atomic E-state index is -0.204.